The van der Waals surface area contributed by atoms with Gasteiger partial charge in [0.2, 0.25) is 0 Å². The molecule has 1 unspecified atom stereocenters. The Hall–Kier alpha value is -2.11. The smallest absolute Gasteiger partial charge is 0.272 e. The first-order valence-corrected chi connectivity index (χ1v) is 6.61. The zero-order valence-corrected chi connectivity index (χ0v) is 10.7. The van der Waals surface area contributed by atoms with Crippen molar-refractivity contribution in [3.63, 3.8) is 0 Å². The van der Waals surface area contributed by atoms with Gasteiger partial charge in [-0.25, -0.2) is 4.98 Å². The van der Waals surface area contributed by atoms with Crippen LogP contribution in [0.15, 0.2) is 31.0 Å². The molecule has 0 aromatic carbocycles. The lowest BCUT2D eigenvalue weighted by molar-refractivity contribution is 0.0578. The molecule has 1 atom stereocenters. The van der Waals surface area contributed by atoms with Gasteiger partial charge in [-0.05, 0) is 25.3 Å². The van der Waals surface area contributed by atoms with Crippen LogP contribution >= 0.6 is 0 Å². The second-order valence-corrected chi connectivity index (χ2v) is 4.84. The van der Waals surface area contributed by atoms with E-state index in [4.69, 9.17) is 0 Å². The molecule has 100 valence electrons. The Morgan fingerprint density at radius 3 is 3.16 bits per heavy atom. The van der Waals surface area contributed by atoms with E-state index in [2.05, 4.69) is 15.1 Å². The van der Waals surface area contributed by atoms with Crippen molar-refractivity contribution in [2.45, 2.75) is 31.8 Å². The largest absolute Gasteiger partial charge is 0.341 e. The molecule has 2 aromatic heterocycles. The minimum Gasteiger partial charge on any atom is -0.341 e. The summed E-state index contributed by atoms with van der Waals surface area (Å²) in [6.07, 6.45) is 10.1. The summed E-state index contributed by atoms with van der Waals surface area (Å²) in [7, 11) is 0. The molecule has 1 aliphatic heterocycles. The Balaban J connectivity index is 1.75. The monoisotopic (exact) mass is 259 g/mol. The van der Waals surface area contributed by atoms with Gasteiger partial charge in [0.15, 0.2) is 0 Å². The molecule has 0 aliphatic carbocycles. The van der Waals surface area contributed by atoms with E-state index in [1.54, 1.807) is 18.7 Å². The van der Waals surface area contributed by atoms with Gasteiger partial charge in [-0.2, -0.15) is 5.10 Å². The number of aromatic nitrogens is 4. The summed E-state index contributed by atoms with van der Waals surface area (Å²) in [4.78, 5) is 21.2. The van der Waals surface area contributed by atoms with Gasteiger partial charge >= 0.3 is 0 Å². The van der Waals surface area contributed by atoms with Crippen molar-refractivity contribution in [1.82, 2.24) is 24.6 Å². The van der Waals surface area contributed by atoms with Crippen molar-refractivity contribution in [1.29, 1.82) is 0 Å². The summed E-state index contributed by atoms with van der Waals surface area (Å²) in [5.74, 6) is 0.0364. The van der Waals surface area contributed by atoms with Crippen molar-refractivity contribution in [3.05, 3.63) is 36.7 Å². The standard InChI is InChI=1S/C13H17N5O/c19-13(12-8-14-10-15-12)18-7-2-1-4-11(18)9-17-6-3-5-16-17/h3,5-6,8,10-11H,1-2,4,7,9H2,(H,14,15). The molecule has 0 saturated carbocycles. The first-order chi connectivity index (χ1) is 9.34. The molecule has 2 aromatic rings. The zero-order valence-electron chi connectivity index (χ0n) is 10.7. The molecule has 1 aliphatic rings. The molecule has 19 heavy (non-hydrogen) atoms. The third-order valence-electron chi connectivity index (χ3n) is 3.57. The number of imidazole rings is 1. The van der Waals surface area contributed by atoms with Gasteiger partial charge in [-0.15, -0.1) is 0 Å². The molecule has 0 spiro atoms. The summed E-state index contributed by atoms with van der Waals surface area (Å²) >= 11 is 0. The normalized spacial score (nSPS) is 19.6. The van der Waals surface area contributed by atoms with Crippen LogP contribution in [0.4, 0.5) is 0 Å². The second kappa shape index (κ2) is 5.26. The van der Waals surface area contributed by atoms with Crippen LogP contribution in [0.2, 0.25) is 0 Å². The SMILES string of the molecule is O=C(c1cnc[nH]1)N1CCCCC1Cn1cccn1. The predicted octanol–water partition coefficient (Wildman–Crippen LogP) is 1.30. The zero-order chi connectivity index (χ0) is 13.1. The molecular weight excluding hydrogens is 242 g/mol. The number of likely N-dealkylation sites (tertiary alicyclic amines) is 1. The number of H-pyrrole nitrogens is 1. The molecule has 6 heteroatoms. The molecule has 1 N–H and O–H groups in total. The number of rotatable bonds is 3. The molecule has 0 radical (unpaired) electrons. The summed E-state index contributed by atoms with van der Waals surface area (Å²) in [6.45, 7) is 1.57. The first-order valence-electron chi connectivity index (χ1n) is 6.61. The van der Waals surface area contributed by atoms with Crippen LogP contribution < -0.4 is 0 Å². The van der Waals surface area contributed by atoms with Crippen LogP contribution in [0.25, 0.3) is 0 Å². The molecule has 3 rings (SSSR count). The van der Waals surface area contributed by atoms with E-state index < -0.39 is 0 Å². The van der Waals surface area contributed by atoms with Crippen molar-refractivity contribution < 1.29 is 4.79 Å². The van der Waals surface area contributed by atoms with Crippen LogP contribution in [-0.4, -0.2) is 43.1 Å². The number of carbonyl (C=O) groups excluding carboxylic acids is 1. The first kappa shape index (κ1) is 12.0. The van der Waals surface area contributed by atoms with Crippen molar-refractivity contribution in [2.75, 3.05) is 6.54 Å². The fraction of sp³-hybridized carbons (Fsp3) is 0.462. The fourth-order valence-corrected chi connectivity index (χ4v) is 2.61. The van der Waals surface area contributed by atoms with Crippen molar-refractivity contribution >= 4 is 5.91 Å². The van der Waals surface area contributed by atoms with Crippen LogP contribution in [0, 0.1) is 0 Å². The molecular formula is C13H17N5O. The highest BCUT2D eigenvalue weighted by Crippen LogP contribution is 2.20. The van der Waals surface area contributed by atoms with E-state index >= 15 is 0 Å². The lowest BCUT2D eigenvalue weighted by atomic mass is 10.0. The third-order valence-corrected chi connectivity index (χ3v) is 3.57. The van der Waals surface area contributed by atoms with E-state index in [-0.39, 0.29) is 11.9 Å². The van der Waals surface area contributed by atoms with E-state index in [1.807, 2.05) is 21.8 Å². The van der Waals surface area contributed by atoms with Gasteiger partial charge in [0, 0.05) is 18.9 Å². The van der Waals surface area contributed by atoms with E-state index in [0.29, 0.717) is 5.69 Å². The van der Waals surface area contributed by atoms with E-state index in [9.17, 15) is 4.79 Å². The lowest BCUT2D eigenvalue weighted by Crippen LogP contribution is -2.46. The summed E-state index contributed by atoms with van der Waals surface area (Å²) in [5, 5.41) is 4.23. The van der Waals surface area contributed by atoms with Gasteiger partial charge < -0.3 is 9.88 Å². The van der Waals surface area contributed by atoms with Crippen LogP contribution in [0.1, 0.15) is 29.8 Å². The highest BCUT2D eigenvalue weighted by molar-refractivity contribution is 5.92. The van der Waals surface area contributed by atoms with Crippen LogP contribution in [0.5, 0.6) is 0 Å². The van der Waals surface area contributed by atoms with Crippen molar-refractivity contribution in [3.8, 4) is 0 Å². The van der Waals surface area contributed by atoms with E-state index in [1.165, 1.54) is 6.42 Å². The molecule has 1 fully saturated rings. The number of nitrogens with zero attached hydrogens (tertiary/aromatic N) is 4. The molecule has 1 amide bonds. The number of hydrogen-bond acceptors (Lipinski definition) is 3. The van der Waals surface area contributed by atoms with Gasteiger partial charge in [0.25, 0.3) is 5.91 Å². The Labute approximate surface area is 111 Å². The van der Waals surface area contributed by atoms with E-state index in [0.717, 1.165) is 25.9 Å². The Morgan fingerprint density at radius 2 is 2.42 bits per heavy atom. The number of amides is 1. The minimum atomic E-state index is 0.0364. The number of piperidine rings is 1. The maximum Gasteiger partial charge on any atom is 0.272 e. The Kier molecular flexibility index (Phi) is 3.31. The number of carbonyl (C=O) groups is 1. The van der Waals surface area contributed by atoms with Crippen LogP contribution in [-0.2, 0) is 6.54 Å². The topological polar surface area (TPSA) is 66.8 Å². The highest BCUT2D eigenvalue weighted by atomic mass is 16.2. The number of aromatic amines is 1. The number of nitrogens with one attached hydrogen (secondary N) is 1. The Morgan fingerprint density at radius 1 is 1.47 bits per heavy atom. The lowest BCUT2D eigenvalue weighted by Gasteiger charge is -2.35. The Bertz CT molecular complexity index is 519. The predicted molar refractivity (Wildman–Crippen MR) is 69.5 cm³/mol. The van der Waals surface area contributed by atoms with Crippen LogP contribution in [0.3, 0.4) is 0 Å². The third kappa shape index (κ3) is 2.52. The summed E-state index contributed by atoms with van der Waals surface area (Å²) in [5.41, 5.74) is 0.562. The second-order valence-electron chi connectivity index (χ2n) is 4.84. The maximum atomic E-state index is 12.4. The maximum absolute atomic E-state index is 12.4. The number of hydrogen-bond donors (Lipinski definition) is 1. The molecule has 6 nitrogen and oxygen atoms in total. The fourth-order valence-electron chi connectivity index (χ4n) is 2.61. The van der Waals surface area contributed by atoms with Crippen molar-refractivity contribution in [2.24, 2.45) is 0 Å². The average Bonchev–Trinajstić information content (AvgIpc) is 3.11. The highest BCUT2D eigenvalue weighted by Gasteiger charge is 2.28. The minimum absolute atomic E-state index is 0.0364. The van der Waals surface area contributed by atoms with Gasteiger partial charge in [0.1, 0.15) is 5.69 Å². The summed E-state index contributed by atoms with van der Waals surface area (Å²) < 4.78 is 1.89. The quantitative estimate of drug-likeness (QED) is 0.903. The summed E-state index contributed by atoms with van der Waals surface area (Å²) in [6, 6.07) is 2.12. The van der Waals surface area contributed by atoms with Gasteiger partial charge in [-0.3, -0.25) is 9.48 Å². The average molecular weight is 259 g/mol. The molecule has 3 heterocycles. The van der Waals surface area contributed by atoms with Gasteiger partial charge in [-0.1, -0.05) is 0 Å². The molecule has 0 bridgehead atoms. The van der Waals surface area contributed by atoms with Gasteiger partial charge in [0.05, 0.1) is 25.1 Å². The molecule has 1 saturated heterocycles.